The Bertz CT molecular complexity index is 511. The Morgan fingerprint density at radius 2 is 2.00 bits per heavy atom. The van der Waals surface area contributed by atoms with Gasteiger partial charge in [0.15, 0.2) is 0 Å². The molecule has 5 N–H and O–H groups in total. The molecule has 0 aliphatic carbocycles. The van der Waals surface area contributed by atoms with Crippen LogP contribution in [0.25, 0.3) is 0 Å². The molecule has 23 heavy (non-hydrogen) atoms. The minimum Gasteiger partial charge on any atom is -0.395 e. The standard InChI is InChI=1S/C17H26N2O4/c1-2-14(21)18-11-17(9-8-12-6-4-3-5-7-12)16(23)15(22)13(10-20)19-17/h3-7,13,15-16,19-20,22-23H,2,8-11H2,1H3,(H,18,21)/t13-,15-,16+,17-/m1/s1. The molecule has 1 aliphatic rings. The molecule has 0 bridgehead atoms. The number of aliphatic hydroxyl groups is 3. The van der Waals surface area contributed by atoms with E-state index in [4.69, 9.17) is 0 Å². The first-order chi connectivity index (χ1) is 11.0. The van der Waals surface area contributed by atoms with Gasteiger partial charge < -0.3 is 20.6 Å². The number of carbonyl (C=O) groups excluding carboxylic acids is 1. The van der Waals surface area contributed by atoms with E-state index < -0.39 is 23.8 Å². The Morgan fingerprint density at radius 1 is 1.30 bits per heavy atom. The predicted molar refractivity (Wildman–Crippen MR) is 86.8 cm³/mol. The summed E-state index contributed by atoms with van der Waals surface area (Å²) in [6.07, 6.45) is -0.528. The van der Waals surface area contributed by atoms with E-state index in [1.165, 1.54) is 0 Å². The summed E-state index contributed by atoms with van der Waals surface area (Å²) in [5.74, 6) is -0.111. The van der Waals surface area contributed by atoms with E-state index in [0.717, 1.165) is 5.56 Å². The summed E-state index contributed by atoms with van der Waals surface area (Å²) in [4.78, 5) is 11.6. The van der Waals surface area contributed by atoms with E-state index in [1.807, 2.05) is 30.3 Å². The monoisotopic (exact) mass is 322 g/mol. The van der Waals surface area contributed by atoms with E-state index in [1.54, 1.807) is 6.92 Å². The van der Waals surface area contributed by atoms with Crippen LogP contribution in [0.2, 0.25) is 0 Å². The summed E-state index contributed by atoms with van der Waals surface area (Å²) >= 11 is 0. The lowest BCUT2D eigenvalue weighted by Gasteiger charge is -2.34. The number of benzene rings is 1. The minimum atomic E-state index is -1.06. The number of carbonyl (C=O) groups is 1. The van der Waals surface area contributed by atoms with E-state index >= 15 is 0 Å². The van der Waals surface area contributed by atoms with Crippen LogP contribution in [0.3, 0.4) is 0 Å². The van der Waals surface area contributed by atoms with Crippen LogP contribution in [0.1, 0.15) is 25.3 Å². The highest BCUT2D eigenvalue weighted by Gasteiger charge is 2.51. The van der Waals surface area contributed by atoms with E-state index in [-0.39, 0.29) is 19.1 Å². The smallest absolute Gasteiger partial charge is 0.219 e. The van der Waals surface area contributed by atoms with Crippen LogP contribution >= 0.6 is 0 Å². The molecule has 1 aliphatic heterocycles. The first-order valence-electron chi connectivity index (χ1n) is 8.07. The molecule has 4 atom stereocenters. The van der Waals surface area contributed by atoms with Gasteiger partial charge in [-0.1, -0.05) is 37.3 Å². The van der Waals surface area contributed by atoms with Gasteiger partial charge in [0.25, 0.3) is 0 Å². The molecule has 1 fully saturated rings. The van der Waals surface area contributed by atoms with Crippen molar-refractivity contribution in [2.24, 2.45) is 0 Å². The first kappa shape index (κ1) is 17.9. The molecule has 2 rings (SSSR count). The van der Waals surface area contributed by atoms with E-state index in [9.17, 15) is 20.1 Å². The minimum absolute atomic E-state index is 0.111. The first-order valence-corrected chi connectivity index (χ1v) is 8.07. The van der Waals surface area contributed by atoms with Crippen molar-refractivity contribution in [3.05, 3.63) is 35.9 Å². The van der Waals surface area contributed by atoms with Gasteiger partial charge in [-0.05, 0) is 18.4 Å². The van der Waals surface area contributed by atoms with Crippen LogP contribution in [0.15, 0.2) is 30.3 Å². The fourth-order valence-corrected chi connectivity index (χ4v) is 3.10. The third kappa shape index (κ3) is 4.09. The van der Waals surface area contributed by atoms with Crippen molar-refractivity contribution in [3.63, 3.8) is 0 Å². The number of aryl methyl sites for hydroxylation is 1. The van der Waals surface area contributed by atoms with Crippen LogP contribution < -0.4 is 10.6 Å². The lowest BCUT2D eigenvalue weighted by molar-refractivity contribution is -0.121. The summed E-state index contributed by atoms with van der Waals surface area (Å²) in [6.45, 7) is 1.70. The Hall–Kier alpha value is -1.47. The van der Waals surface area contributed by atoms with Crippen molar-refractivity contribution in [1.29, 1.82) is 0 Å². The average Bonchev–Trinajstić information content (AvgIpc) is 2.84. The molecule has 0 unspecified atom stereocenters. The van der Waals surface area contributed by atoms with Crippen LogP contribution in [-0.2, 0) is 11.2 Å². The van der Waals surface area contributed by atoms with Gasteiger partial charge in [-0.3, -0.25) is 10.1 Å². The number of nitrogens with one attached hydrogen (secondary N) is 2. The molecule has 0 saturated carbocycles. The van der Waals surface area contributed by atoms with Gasteiger partial charge in [0.1, 0.15) is 6.10 Å². The SMILES string of the molecule is CCC(=O)NC[C@@]1(CCc2ccccc2)N[C@H](CO)[C@@H](O)[C@@H]1O. The zero-order valence-electron chi connectivity index (χ0n) is 13.4. The lowest BCUT2D eigenvalue weighted by Crippen LogP contribution is -2.57. The zero-order chi connectivity index (χ0) is 16.9. The Morgan fingerprint density at radius 3 is 2.57 bits per heavy atom. The van der Waals surface area contributed by atoms with Crippen molar-refractivity contribution in [1.82, 2.24) is 10.6 Å². The normalized spacial score (nSPS) is 30.3. The van der Waals surface area contributed by atoms with Gasteiger partial charge >= 0.3 is 0 Å². The molecule has 6 heteroatoms. The van der Waals surface area contributed by atoms with Gasteiger partial charge in [0, 0.05) is 13.0 Å². The summed E-state index contributed by atoms with van der Waals surface area (Å²) in [7, 11) is 0. The van der Waals surface area contributed by atoms with Gasteiger partial charge in [-0.15, -0.1) is 0 Å². The van der Waals surface area contributed by atoms with Gasteiger partial charge in [0.05, 0.1) is 24.3 Å². The van der Waals surface area contributed by atoms with Crippen molar-refractivity contribution < 1.29 is 20.1 Å². The molecule has 1 aromatic rings. The van der Waals surface area contributed by atoms with Crippen LogP contribution in [-0.4, -0.2) is 58.2 Å². The maximum atomic E-state index is 11.6. The van der Waals surface area contributed by atoms with Gasteiger partial charge in [-0.2, -0.15) is 0 Å². The van der Waals surface area contributed by atoms with Gasteiger partial charge in [0.2, 0.25) is 5.91 Å². The second-order valence-electron chi connectivity index (χ2n) is 6.14. The van der Waals surface area contributed by atoms with E-state index in [2.05, 4.69) is 10.6 Å². The lowest BCUT2D eigenvalue weighted by atomic mass is 9.86. The van der Waals surface area contributed by atoms with E-state index in [0.29, 0.717) is 19.3 Å². The second-order valence-corrected chi connectivity index (χ2v) is 6.14. The number of hydrogen-bond donors (Lipinski definition) is 5. The van der Waals surface area contributed by atoms with Crippen LogP contribution in [0.4, 0.5) is 0 Å². The Labute approximate surface area is 136 Å². The maximum absolute atomic E-state index is 11.6. The highest BCUT2D eigenvalue weighted by Crippen LogP contribution is 2.29. The molecular formula is C17H26N2O4. The third-order valence-corrected chi connectivity index (χ3v) is 4.60. The third-order valence-electron chi connectivity index (χ3n) is 4.60. The zero-order valence-corrected chi connectivity index (χ0v) is 13.4. The van der Waals surface area contributed by atoms with Crippen LogP contribution in [0, 0.1) is 0 Å². The van der Waals surface area contributed by atoms with Crippen molar-refractivity contribution in [3.8, 4) is 0 Å². The number of rotatable bonds is 7. The Balaban J connectivity index is 2.12. The molecule has 1 heterocycles. The Kier molecular flexibility index (Phi) is 6.12. The maximum Gasteiger partial charge on any atom is 0.219 e. The molecule has 6 nitrogen and oxygen atoms in total. The van der Waals surface area contributed by atoms with Crippen molar-refractivity contribution in [2.45, 2.75) is 50.0 Å². The molecule has 1 saturated heterocycles. The highest BCUT2D eigenvalue weighted by molar-refractivity contribution is 5.75. The fourth-order valence-electron chi connectivity index (χ4n) is 3.10. The summed E-state index contributed by atoms with van der Waals surface area (Å²) in [6, 6.07) is 9.24. The number of amides is 1. The summed E-state index contributed by atoms with van der Waals surface area (Å²) < 4.78 is 0. The molecule has 0 aromatic heterocycles. The number of hydrogen-bond acceptors (Lipinski definition) is 5. The average molecular weight is 322 g/mol. The highest BCUT2D eigenvalue weighted by atomic mass is 16.3. The van der Waals surface area contributed by atoms with Gasteiger partial charge in [-0.25, -0.2) is 0 Å². The molecule has 1 amide bonds. The molecular weight excluding hydrogens is 296 g/mol. The van der Waals surface area contributed by atoms with Crippen molar-refractivity contribution >= 4 is 5.91 Å². The molecule has 0 spiro atoms. The largest absolute Gasteiger partial charge is 0.395 e. The second kappa shape index (κ2) is 7.88. The summed E-state index contributed by atoms with van der Waals surface area (Å²) in [5.41, 5.74) is 0.262. The predicted octanol–water partition coefficient (Wildman–Crippen LogP) is -0.430. The molecule has 1 aromatic carbocycles. The quantitative estimate of drug-likeness (QED) is 0.469. The molecule has 0 radical (unpaired) electrons. The number of aliphatic hydroxyl groups excluding tert-OH is 3. The summed E-state index contributed by atoms with van der Waals surface area (Å²) in [5, 5.41) is 35.9. The molecule has 128 valence electrons. The fraction of sp³-hybridized carbons (Fsp3) is 0.588. The van der Waals surface area contributed by atoms with Crippen LogP contribution in [0.5, 0.6) is 0 Å². The van der Waals surface area contributed by atoms with Crippen molar-refractivity contribution in [2.75, 3.05) is 13.2 Å². The topological polar surface area (TPSA) is 102 Å².